The Hall–Kier alpha value is -1.89. The molecule has 1 fully saturated rings. The second-order valence-electron chi connectivity index (χ2n) is 8.26. The summed E-state index contributed by atoms with van der Waals surface area (Å²) in [4.78, 5) is 2.28. The molecule has 0 amide bonds. The van der Waals surface area contributed by atoms with Crippen LogP contribution in [0.2, 0.25) is 0 Å². The van der Waals surface area contributed by atoms with Crippen LogP contribution < -0.4 is 0 Å². The van der Waals surface area contributed by atoms with Crippen LogP contribution >= 0.6 is 0 Å². The molecule has 1 atom stereocenters. The number of nitrogens with zero attached hydrogens (tertiary/aromatic N) is 1. The largest absolute Gasteiger partial charge is 0.417 e. The van der Waals surface area contributed by atoms with Crippen LogP contribution in [-0.4, -0.2) is 40.5 Å². The van der Waals surface area contributed by atoms with E-state index >= 15 is 0 Å². The minimum absolute atomic E-state index is 0.0380. The monoisotopic (exact) mass is 421 g/mol. The van der Waals surface area contributed by atoms with Crippen molar-refractivity contribution in [3.05, 3.63) is 71.8 Å². The van der Waals surface area contributed by atoms with Crippen molar-refractivity contribution in [1.29, 1.82) is 0 Å². The Morgan fingerprint density at radius 1 is 0.967 bits per heavy atom. The molecule has 164 valence electrons. The first-order chi connectivity index (χ1) is 14.3. The summed E-state index contributed by atoms with van der Waals surface area (Å²) in [5.74, 6) is 0. The number of aliphatic hydroxyl groups is 1. The normalized spacial score (nSPS) is 23.5. The molecule has 0 aromatic heterocycles. The van der Waals surface area contributed by atoms with Crippen molar-refractivity contribution in [2.75, 3.05) is 6.61 Å². The highest BCUT2D eigenvalue weighted by molar-refractivity contribution is 5.17. The van der Waals surface area contributed by atoms with E-state index in [0.29, 0.717) is 25.9 Å². The first-order valence-corrected chi connectivity index (χ1v) is 10.5. The molecule has 0 bridgehead atoms. The fraction of sp³-hybridized carbons (Fsp3) is 0.500. The number of rotatable bonds is 8. The van der Waals surface area contributed by atoms with Gasteiger partial charge in [-0.05, 0) is 43.7 Å². The summed E-state index contributed by atoms with van der Waals surface area (Å²) in [7, 11) is 0. The highest BCUT2D eigenvalue weighted by Gasteiger charge is 2.57. The van der Waals surface area contributed by atoms with E-state index in [0.717, 1.165) is 11.1 Å². The van der Waals surface area contributed by atoms with E-state index in [4.69, 9.17) is 4.74 Å². The van der Waals surface area contributed by atoms with E-state index < -0.39 is 17.9 Å². The van der Waals surface area contributed by atoms with Crippen LogP contribution in [0, 0.1) is 0 Å². The molecule has 1 unspecified atom stereocenters. The number of hydrogen-bond acceptors (Lipinski definition) is 3. The fourth-order valence-corrected chi connectivity index (χ4v) is 4.17. The molecule has 6 heteroatoms. The van der Waals surface area contributed by atoms with Crippen LogP contribution in [0.5, 0.6) is 0 Å². The molecule has 0 aliphatic heterocycles. The Bertz CT molecular complexity index is 716. The maximum absolute atomic E-state index is 13.8. The highest BCUT2D eigenvalue weighted by atomic mass is 19.4. The Balaban J connectivity index is 1.74. The Labute approximate surface area is 176 Å². The third-order valence-electron chi connectivity index (χ3n) is 5.85. The zero-order valence-corrected chi connectivity index (χ0v) is 17.3. The standard InChI is InChI=1S/C24H30F3NO2/c1-19(29)18-30-23(24(25,26)27)14-12-22(13-15-23)28(16-20-8-4-2-5-9-20)17-21-10-6-3-7-11-21/h2-11,19,22,29H,12-18H2,1H3. The fourth-order valence-electron chi connectivity index (χ4n) is 4.17. The molecule has 1 aliphatic rings. The molecule has 1 saturated carbocycles. The van der Waals surface area contributed by atoms with E-state index in [9.17, 15) is 18.3 Å². The van der Waals surface area contributed by atoms with Gasteiger partial charge in [0.25, 0.3) is 0 Å². The van der Waals surface area contributed by atoms with Gasteiger partial charge in [-0.3, -0.25) is 4.90 Å². The van der Waals surface area contributed by atoms with Gasteiger partial charge in [-0.2, -0.15) is 13.2 Å². The maximum atomic E-state index is 13.8. The smallest absolute Gasteiger partial charge is 0.391 e. The van der Waals surface area contributed by atoms with Gasteiger partial charge < -0.3 is 9.84 Å². The lowest BCUT2D eigenvalue weighted by Gasteiger charge is -2.44. The SMILES string of the molecule is CC(O)COC1(C(F)(F)F)CCC(N(Cc2ccccc2)Cc2ccccc2)CC1. The highest BCUT2D eigenvalue weighted by Crippen LogP contribution is 2.45. The quantitative estimate of drug-likeness (QED) is 0.625. The first kappa shape index (κ1) is 22.8. The van der Waals surface area contributed by atoms with Crippen molar-refractivity contribution < 1.29 is 23.0 Å². The van der Waals surface area contributed by atoms with Gasteiger partial charge in [0.05, 0.1) is 12.7 Å². The third kappa shape index (κ3) is 5.84. The minimum atomic E-state index is -4.45. The first-order valence-electron chi connectivity index (χ1n) is 10.5. The summed E-state index contributed by atoms with van der Waals surface area (Å²) in [5.41, 5.74) is 0.129. The van der Waals surface area contributed by atoms with E-state index in [-0.39, 0.29) is 25.5 Å². The topological polar surface area (TPSA) is 32.7 Å². The lowest BCUT2D eigenvalue weighted by molar-refractivity contribution is -0.294. The average Bonchev–Trinajstić information content (AvgIpc) is 2.73. The van der Waals surface area contributed by atoms with Gasteiger partial charge in [-0.1, -0.05) is 60.7 Å². The lowest BCUT2D eigenvalue weighted by Crippen LogP contribution is -2.53. The number of halogens is 3. The maximum Gasteiger partial charge on any atom is 0.417 e. The summed E-state index contributed by atoms with van der Waals surface area (Å²) in [6, 6.07) is 20.1. The third-order valence-corrected chi connectivity index (χ3v) is 5.85. The van der Waals surface area contributed by atoms with Crippen LogP contribution in [-0.2, 0) is 17.8 Å². The molecule has 0 radical (unpaired) electrons. The summed E-state index contributed by atoms with van der Waals surface area (Å²) in [6.07, 6.45) is -4.74. The Morgan fingerprint density at radius 2 is 1.43 bits per heavy atom. The number of ether oxygens (including phenoxy) is 1. The lowest BCUT2D eigenvalue weighted by atomic mass is 9.80. The summed E-state index contributed by atoms with van der Waals surface area (Å²) >= 11 is 0. The molecule has 1 N–H and O–H groups in total. The van der Waals surface area contributed by atoms with E-state index in [1.807, 2.05) is 60.7 Å². The van der Waals surface area contributed by atoms with Crippen LogP contribution in [0.4, 0.5) is 13.2 Å². The number of hydrogen-bond donors (Lipinski definition) is 1. The van der Waals surface area contributed by atoms with E-state index in [1.165, 1.54) is 6.92 Å². The molecule has 3 nitrogen and oxygen atoms in total. The Kier molecular flexibility index (Phi) is 7.55. The van der Waals surface area contributed by atoms with Crippen molar-refractivity contribution in [1.82, 2.24) is 4.90 Å². The van der Waals surface area contributed by atoms with Gasteiger partial charge in [0, 0.05) is 19.1 Å². The number of alkyl halides is 3. The minimum Gasteiger partial charge on any atom is -0.391 e. The predicted molar refractivity (Wildman–Crippen MR) is 111 cm³/mol. The molecule has 0 saturated heterocycles. The predicted octanol–water partition coefficient (Wildman–Crippen LogP) is 5.33. The number of aliphatic hydroxyl groups excluding tert-OH is 1. The van der Waals surface area contributed by atoms with Crippen molar-refractivity contribution in [3.63, 3.8) is 0 Å². The van der Waals surface area contributed by atoms with E-state index in [2.05, 4.69) is 4.90 Å². The van der Waals surface area contributed by atoms with Crippen LogP contribution in [0.25, 0.3) is 0 Å². The van der Waals surface area contributed by atoms with Crippen LogP contribution in [0.3, 0.4) is 0 Å². The average molecular weight is 422 g/mol. The number of benzene rings is 2. The second-order valence-corrected chi connectivity index (χ2v) is 8.26. The van der Waals surface area contributed by atoms with Crippen molar-refractivity contribution in [2.45, 2.75) is 69.6 Å². The van der Waals surface area contributed by atoms with Gasteiger partial charge in [-0.25, -0.2) is 0 Å². The summed E-state index contributed by atoms with van der Waals surface area (Å²) in [6.45, 7) is 2.51. The van der Waals surface area contributed by atoms with Crippen molar-refractivity contribution >= 4 is 0 Å². The molecular formula is C24H30F3NO2. The van der Waals surface area contributed by atoms with Gasteiger partial charge in [0.2, 0.25) is 0 Å². The van der Waals surface area contributed by atoms with Crippen LogP contribution in [0.1, 0.15) is 43.7 Å². The van der Waals surface area contributed by atoms with Gasteiger partial charge >= 0.3 is 6.18 Å². The summed E-state index contributed by atoms with van der Waals surface area (Å²) < 4.78 is 46.8. The zero-order valence-electron chi connectivity index (χ0n) is 17.3. The van der Waals surface area contributed by atoms with Gasteiger partial charge in [0.1, 0.15) is 0 Å². The van der Waals surface area contributed by atoms with Crippen molar-refractivity contribution in [2.24, 2.45) is 0 Å². The van der Waals surface area contributed by atoms with Gasteiger partial charge in [-0.15, -0.1) is 0 Å². The van der Waals surface area contributed by atoms with E-state index in [1.54, 1.807) is 0 Å². The molecule has 1 aliphatic carbocycles. The molecular weight excluding hydrogens is 391 g/mol. The van der Waals surface area contributed by atoms with Gasteiger partial charge in [0.15, 0.2) is 5.60 Å². The molecule has 3 rings (SSSR count). The zero-order chi connectivity index (χ0) is 21.6. The van der Waals surface area contributed by atoms with Crippen LogP contribution in [0.15, 0.2) is 60.7 Å². The Morgan fingerprint density at radius 3 is 1.83 bits per heavy atom. The summed E-state index contributed by atoms with van der Waals surface area (Å²) in [5, 5.41) is 9.43. The molecule has 0 spiro atoms. The molecule has 30 heavy (non-hydrogen) atoms. The second kappa shape index (κ2) is 9.94. The molecule has 2 aromatic rings. The molecule has 2 aromatic carbocycles. The van der Waals surface area contributed by atoms with Crippen molar-refractivity contribution in [3.8, 4) is 0 Å². The molecule has 0 heterocycles.